The van der Waals surface area contributed by atoms with E-state index in [1.807, 2.05) is 12.1 Å². The van der Waals surface area contributed by atoms with Gasteiger partial charge in [0, 0.05) is 22.0 Å². The summed E-state index contributed by atoms with van der Waals surface area (Å²) in [6.07, 6.45) is 3.38. The maximum absolute atomic E-state index is 13.5. The number of nitrogens with one attached hydrogen (secondary N) is 1. The van der Waals surface area contributed by atoms with Gasteiger partial charge in [0.05, 0.1) is 0 Å². The van der Waals surface area contributed by atoms with E-state index in [1.54, 1.807) is 0 Å². The molecule has 2 rings (SSSR count). The Labute approximate surface area is 115 Å². The maximum atomic E-state index is 13.5. The van der Waals surface area contributed by atoms with Crippen LogP contribution in [-0.4, -0.2) is 11.9 Å². The molecule has 0 heterocycles. The van der Waals surface area contributed by atoms with Crippen LogP contribution in [0.2, 0.25) is 0 Å². The minimum Gasteiger partial charge on any atom is -0.312 e. The topological polar surface area (TPSA) is 12.0 Å². The number of rotatable bonds is 4. The monoisotopic (exact) mass is 319 g/mol. The summed E-state index contributed by atoms with van der Waals surface area (Å²) in [7, 11) is 0. The Kier molecular flexibility index (Phi) is 4.83. The lowest BCUT2D eigenvalue weighted by atomic mass is 10.1. The smallest absolute Gasteiger partial charge is 0.128 e. The summed E-state index contributed by atoms with van der Waals surface area (Å²) in [4.78, 5) is 0. The first-order chi connectivity index (χ1) is 8.15. The molecule has 0 aliphatic heterocycles. The van der Waals surface area contributed by atoms with Crippen molar-refractivity contribution in [3.05, 3.63) is 34.1 Å². The lowest BCUT2D eigenvalue weighted by molar-refractivity contribution is 0.483. The van der Waals surface area contributed by atoms with Crippen LogP contribution >= 0.6 is 27.5 Å². The molecule has 1 N–H and O–H groups in total. The summed E-state index contributed by atoms with van der Waals surface area (Å²) in [5.74, 6) is 0.490. The number of benzene rings is 1. The van der Waals surface area contributed by atoms with Crippen molar-refractivity contribution >= 4 is 27.5 Å². The molecule has 0 spiro atoms. The second-order valence-corrected chi connectivity index (χ2v) is 6.18. The molecule has 1 aliphatic carbocycles. The second kappa shape index (κ2) is 6.17. The zero-order chi connectivity index (χ0) is 12.3. The van der Waals surface area contributed by atoms with E-state index in [1.165, 1.54) is 12.5 Å². The summed E-state index contributed by atoms with van der Waals surface area (Å²) in [5, 5.41) is 3.65. The standard InChI is InChI=1S/C13H16BrClFN/c14-11-3-2-10(13(16)6-11)8-17-7-9-1-4-12(15)5-9/h2-3,6,9,12,17H,1,4-5,7-8H2. The van der Waals surface area contributed by atoms with E-state index in [0.29, 0.717) is 23.4 Å². The van der Waals surface area contributed by atoms with Crippen LogP contribution in [0, 0.1) is 11.7 Å². The third-order valence-electron chi connectivity index (χ3n) is 3.24. The summed E-state index contributed by atoms with van der Waals surface area (Å²) in [6.45, 7) is 1.52. The van der Waals surface area contributed by atoms with Gasteiger partial charge >= 0.3 is 0 Å². The van der Waals surface area contributed by atoms with Gasteiger partial charge in [-0.2, -0.15) is 0 Å². The zero-order valence-corrected chi connectivity index (χ0v) is 11.9. The Morgan fingerprint density at radius 2 is 2.24 bits per heavy atom. The minimum absolute atomic E-state index is 0.159. The lowest BCUT2D eigenvalue weighted by Crippen LogP contribution is -2.21. The third kappa shape index (κ3) is 3.94. The van der Waals surface area contributed by atoms with E-state index >= 15 is 0 Å². The fraction of sp³-hybridized carbons (Fsp3) is 0.538. The zero-order valence-electron chi connectivity index (χ0n) is 9.56. The van der Waals surface area contributed by atoms with Gasteiger partial charge in [-0.05, 0) is 43.9 Å². The molecule has 0 bridgehead atoms. The molecule has 1 aliphatic rings. The van der Waals surface area contributed by atoms with Gasteiger partial charge in [0.25, 0.3) is 0 Å². The highest BCUT2D eigenvalue weighted by molar-refractivity contribution is 9.10. The molecule has 0 radical (unpaired) electrons. The number of halogens is 3. The number of hydrogen-bond donors (Lipinski definition) is 1. The van der Waals surface area contributed by atoms with E-state index in [2.05, 4.69) is 21.2 Å². The molecule has 4 heteroatoms. The van der Waals surface area contributed by atoms with Gasteiger partial charge in [-0.15, -0.1) is 11.6 Å². The molecule has 94 valence electrons. The third-order valence-corrected chi connectivity index (χ3v) is 4.13. The Hall–Kier alpha value is -0.120. The van der Waals surface area contributed by atoms with Gasteiger partial charge in [0.1, 0.15) is 5.82 Å². The summed E-state index contributed by atoms with van der Waals surface area (Å²) in [6, 6.07) is 5.18. The predicted molar refractivity (Wildman–Crippen MR) is 72.8 cm³/mol. The first-order valence-electron chi connectivity index (χ1n) is 5.94. The van der Waals surface area contributed by atoms with Crippen LogP contribution in [-0.2, 0) is 6.54 Å². The van der Waals surface area contributed by atoms with E-state index in [4.69, 9.17) is 11.6 Å². The van der Waals surface area contributed by atoms with Crippen molar-refractivity contribution in [2.24, 2.45) is 5.92 Å². The fourth-order valence-corrected chi connectivity index (χ4v) is 2.99. The van der Waals surface area contributed by atoms with Gasteiger partial charge in [0.2, 0.25) is 0 Å². The summed E-state index contributed by atoms with van der Waals surface area (Å²) in [5.41, 5.74) is 0.716. The average Bonchev–Trinajstić information content (AvgIpc) is 2.68. The van der Waals surface area contributed by atoms with Gasteiger partial charge in [-0.3, -0.25) is 0 Å². The molecule has 0 saturated heterocycles. The molecule has 2 atom stereocenters. The highest BCUT2D eigenvalue weighted by Gasteiger charge is 2.22. The second-order valence-electron chi connectivity index (χ2n) is 4.64. The molecule has 1 aromatic rings. The first kappa shape index (κ1) is 13.3. The van der Waals surface area contributed by atoms with Crippen molar-refractivity contribution in [2.75, 3.05) is 6.54 Å². The van der Waals surface area contributed by atoms with E-state index < -0.39 is 0 Å². The molecule has 1 nitrogen and oxygen atoms in total. The van der Waals surface area contributed by atoms with Crippen molar-refractivity contribution in [3.63, 3.8) is 0 Å². The van der Waals surface area contributed by atoms with Crippen LogP contribution in [0.3, 0.4) is 0 Å². The molecule has 2 unspecified atom stereocenters. The molecule has 1 saturated carbocycles. The molecule has 0 aromatic heterocycles. The van der Waals surface area contributed by atoms with Crippen LogP contribution in [0.1, 0.15) is 24.8 Å². The first-order valence-corrected chi connectivity index (χ1v) is 7.17. The minimum atomic E-state index is -0.159. The number of hydrogen-bond acceptors (Lipinski definition) is 1. The van der Waals surface area contributed by atoms with Crippen molar-refractivity contribution in [3.8, 4) is 0 Å². The van der Waals surface area contributed by atoms with Crippen LogP contribution in [0.4, 0.5) is 4.39 Å². The fourth-order valence-electron chi connectivity index (χ4n) is 2.28. The molecular weight excluding hydrogens is 305 g/mol. The highest BCUT2D eigenvalue weighted by atomic mass is 79.9. The van der Waals surface area contributed by atoms with Gasteiger partial charge in [-0.25, -0.2) is 4.39 Å². The number of alkyl halides is 1. The molecule has 1 fully saturated rings. The SMILES string of the molecule is Fc1cc(Br)ccc1CNCC1CCC(Cl)C1. The quantitative estimate of drug-likeness (QED) is 0.824. The summed E-state index contributed by atoms with van der Waals surface area (Å²) < 4.78 is 14.3. The molecular formula is C13H16BrClFN. The van der Waals surface area contributed by atoms with E-state index in [9.17, 15) is 4.39 Å². The van der Waals surface area contributed by atoms with Crippen molar-refractivity contribution < 1.29 is 4.39 Å². The normalized spacial score (nSPS) is 24.2. The van der Waals surface area contributed by atoms with Crippen LogP contribution < -0.4 is 5.32 Å². The van der Waals surface area contributed by atoms with Crippen molar-refractivity contribution in [1.82, 2.24) is 5.32 Å². The van der Waals surface area contributed by atoms with Crippen LogP contribution in [0.25, 0.3) is 0 Å². The van der Waals surface area contributed by atoms with E-state index in [-0.39, 0.29) is 5.82 Å². The maximum Gasteiger partial charge on any atom is 0.128 e. The highest BCUT2D eigenvalue weighted by Crippen LogP contribution is 2.28. The van der Waals surface area contributed by atoms with Gasteiger partial charge in [0.15, 0.2) is 0 Å². The Morgan fingerprint density at radius 3 is 2.88 bits per heavy atom. The molecule has 17 heavy (non-hydrogen) atoms. The van der Waals surface area contributed by atoms with Gasteiger partial charge < -0.3 is 5.32 Å². The predicted octanol–water partition coefficient (Wildman–Crippen LogP) is 4.09. The van der Waals surface area contributed by atoms with E-state index in [0.717, 1.165) is 23.9 Å². The Bertz CT molecular complexity index is 386. The van der Waals surface area contributed by atoms with Gasteiger partial charge in [-0.1, -0.05) is 22.0 Å². The molecule has 0 amide bonds. The summed E-state index contributed by atoms with van der Waals surface area (Å²) >= 11 is 9.30. The van der Waals surface area contributed by atoms with Crippen LogP contribution in [0.15, 0.2) is 22.7 Å². The Morgan fingerprint density at radius 1 is 1.41 bits per heavy atom. The lowest BCUT2D eigenvalue weighted by Gasteiger charge is -2.11. The van der Waals surface area contributed by atoms with Crippen molar-refractivity contribution in [2.45, 2.75) is 31.2 Å². The average molecular weight is 321 g/mol. The molecule has 1 aromatic carbocycles. The van der Waals surface area contributed by atoms with Crippen LogP contribution in [0.5, 0.6) is 0 Å². The Balaban J connectivity index is 1.78. The largest absolute Gasteiger partial charge is 0.312 e. The van der Waals surface area contributed by atoms with Crippen molar-refractivity contribution in [1.29, 1.82) is 0 Å².